The van der Waals surface area contributed by atoms with Gasteiger partial charge in [-0.1, -0.05) is 11.8 Å². The summed E-state index contributed by atoms with van der Waals surface area (Å²) in [6.45, 7) is 0.384. The van der Waals surface area contributed by atoms with Crippen LogP contribution in [0.5, 0.6) is 0 Å². The third-order valence-electron chi connectivity index (χ3n) is 3.18. The third kappa shape index (κ3) is 3.93. The Balaban J connectivity index is 1.48. The van der Waals surface area contributed by atoms with Gasteiger partial charge >= 0.3 is 0 Å². The van der Waals surface area contributed by atoms with Crippen LogP contribution in [0.3, 0.4) is 0 Å². The number of pyridine rings is 1. The predicted octanol–water partition coefficient (Wildman–Crippen LogP) is 1.45. The molecular formula is C15H16N6O2S. The van der Waals surface area contributed by atoms with E-state index in [0.717, 1.165) is 11.3 Å². The first-order chi connectivity index (χ1) is 11.7. The van der Waals surface area contributed by atoms with Gasteiger partial charge in [-0.15, -0.1) is 10.2 Å². The van der Waals surface area contributed by atoms with Crippen molar-refractivity contribution in [3.63, 3.8) is 0 Å². The first-order valence-electron chi connectivity index (χ1n) is 7.27. The number of nitrogens with zero attached hydrogens (tertiary/aromatic N) is 4. The van der Waals surface area contributed by atoms with Crippen LogP contribution in [0.1, 0.15) is 12.2 Å². The number of rotatable bonds is 7. The van der Waals surface area contributed by atoms with Gasteiger partial charge in [0.25, 0.3) is 0 Å². The van der Waals surface area contributed by atoms with E-state index in [-0.39, 0.29) is 5.91 Å². The lowest BCUT2D eigenvalue weighted by Gasteiger charge is -2.04. The van der Waals surface area contributed by atoms with Gasteiger partial charge in [-0.05, 0) is 24.3 Å². The molecule has 3 aromatic rings. The average molecular weight is 344 g/mol. The fraction of sp³-hybridized carbons (Fsp3) is 0.200. The summed E-state index contributed by atoms with van der Waals surface area (Å²) in [5, 5.41) is 11.5. The number of nitrogens with one attached hydrogen (secondary N) is 1. The number of carbonyl (C=O) groups excluding carboxylic acids is 1. The zero-order chi connectivity index (χ0) is 16.8. The van der Waals surface area contributed by atoms with E-state index in [1.165, 1.54) is 16.4 Å². The first-order valence-corrected chi connectivity index (χ1v) is 8.25. The summed E-state index contributed by atoms with van der Waals surface area (Å²) in [7, 11) is 0. The van der Waals surface area contributed by atoms with E-state index in [0.29, 0.717) is 29.7 Å². The molecule has 0 aliphatic rings. The normalized spacial score (nSPS) is 10.7. The van der Waals surface area contributed by atoms with Gasteiger partial charge in [0.05, 0.1) is 12.8 Å². The monoisotopic (exact) mass is 344 g/mol. The minimum absolute atomic E-state index is 0.0607. The highest BCUT2D eigenvalue weighted by Crippen LogP contribution is 2.21. The lowest BCUT2D eigenvalue weighted by molar-refractivity contribution is -0.120. The average Bonchev–Trinajstić information content (AvgIpc) is 3.24. The van der Waals surface area contributed by atoms with Crippen LogP contribution in [0, 0.1) is 0 Å². The molecule has 0 aliphatic heterocycles. The number of aromatic nitrogens is 4. The van der Waals surface area contributed by atoms with Gasteiger partial charge in [-0.25, -0.2) is 4.68 Å². The van der Waals surface area contributed by atoms with Crippen molar-refractivity contribution in [1.29, 1.82) is 0 Å². The second-order valence-corrected chi connectivity index (χ2v) is 5.93. The topological polar surface area (TPSA) is 112 Å². The number of thioether (sulfide) groups is 1. The Hall–Kier alpha value is -2.81. The van der Waals surface area contributed by atoms with Crippen LogP contribution in [0.4, 0.5) is 0 Å². The molecule has 0 bridgehead atoms. The zero-order valence-corrected chi connectivity index (χ0v) is 13.6. The Bertz CT molecular complexity index is 788. The number of furan rings is 1. The van der Waals surface area contributed by atoms with Gasteiger partial charge in [-0.3, -0.25) is 9.78 Å². The van der Waals surface area contributed by atoms with E-state index in [9.17, 15) is 4.79 Å². The van der Waals surface area contributed by atoms with E-state index in [4.69, 9.17) is 10.3 Å². The molecule has 0 unspecified atom stereocenters. The second-order valence-electron chi connectivity index (χ2n) is 4.87. The quantitative estimate of drug-likeness (QED) is 0.493. The Morgan fingerprint density at radius 2 is 2.25 bits per heavy atom. The number of hydrogen-bond donors (Lipinski definition) is 2. The molecule has 0 radical (unpaired) electrons. The van der Waals surface area contributed by atoms with Gasteiger partial charge in [0.2, 0.25) is 11.1 Å². The van der Waals surface area contributed by atoms with E-state index >= 15 is 0 Å². The van der Waals surface area contributed by atoms with Crippen LogP contribution in [-0.4, -0.2) is 31.5 Å². The molecule has 0 fully saturated rings. The molecule has 3 N–H and O–H groups in total. The summed E-state index contributed by atoms with van der Waals surface area (Å²) in [4.78, 5) is 15.8. The van der Waals surface area contributed by atoms with Crippen molar-refractivity contribution >= 4 is 17.7 Å². The Labute approximate surface area is 142 Å². The van der Waals surface area contributed by atoms with Crippen LogP contribution in [-0.2, 0) is 11.3 Å². The Kier molecular flexibility index (Phi) is 5.12. The smallest absolute Gasteiger partial charge is 0.221 e. The first kappa shape index (κ1) is 16.1. The lowest BCUT2D eigenvalue weighted by Crippen LogP contribution is -2.22. The molecule has 0 saturated heterocycles. The van der Waals surface area contributed by atoms with Crippen LogP contribution < -0.4 is 11.2 Å². The molecule has 8 nitrogen and oxygen atoms in total. The zero-order valence-electron chi connectivity index (χ0n) is 12.8. The van der Waals surface area contributed by atoms with Crippen molar-refractivity contribution in [2.75, 3.05) is 11.6 Å². The molecule has 0 spiro atoms. The number of hydrogen-bond acceptors (Lipinski definition) is 7. The summed E-state index contributed by atoms with van der Waals surface area (Å²) >= 11 is 1.37. The summed E-state index contributed by atoms with van der Waals surface area (Å²) < 4.78 is 6.56. The summed E-state index contributed by atoms with van der Waals surface area (Å²) in [5.41, 5.74) is 0.788. The highest BCUT2D eigenvalue weighted by molar-refractivity contribution is 7.99. The Morgan fingerprint density at radius 3 is 3.00 bits per heavy atom. The van der Waals surface area contributed by atoms with E-state index in [2.05, 4.69) is 20.5 Å². The van der Waals surface area contributed by atoms with Crippen molar-refractivity contribution < 1.29 is 9.21 Å². The van der Waals surface area contributed by atoms with E-state index in [1.54, 1.807) is 30.8 Å². The molecule has 0 aromatic carbocycles. The Morgan fingerprint density at radius 1 is 1.33 bits per heavy atom. The maximum atomic E-state index is 11.8. The molecule has 3 rings (SSSR count). The van der Waals surface area contributed by atoms with Crippen molar-refractivity contribution in [2.45, 2.75) is 18.1 Å². The van der Waals surface area contributed by atoms with Gasteiger partial charge in [-0.2, -0.15) is 0 Å². The number of nitrogen functional groups attached to an aromatic ring is 1. The van der Waals surface area contributed by atoms with Gasteiger partial charge < -0.3 is 15.6 Å². The third-order valence-corrected chi connectivity index (χ3v) is 4.13. The minimum Gasteiger partial charge on any atom is -0.467 e. The predicted molar refractivity (Wildman–Crippen MR) is 89.3 cm³/mol. The van der Waals surface area contributed by atoms with Gasteiger partial charge in [0.15, 0.2) is 5.82 Å². The summed E-state index contributed by atoms with van der Waals surface area (Å²) in [5.74, 6) is 7.75. The van der Waals surface area contributed by atoms with Crippen LogP contribution in [0.25, 0.3) is 11.4 Å². The molecule has 0 aliphatic carbocycles. The number of carbonyl (C=O) groups is 1. The van der Waals surface area contributed by atoms with Crippen molar-refractivity contribution in [3.8, 4) is 11.4 Å². The van der Waals surface area contributed by atoms with Crippen molar-refractivity contribution in [3.05, 3.63) is 48.7 Å². The van der Waals surface area contributed by atoms with Crippen molar-refractivity contribution in [2.24, 2.45) is 0 Å². The molecule has 24 heavy (non-hydrogen) atoms. The molecule has 3 aromatic heterocycles. The van der Waals surface area contributed by atoms with Crippen LogP contribution in [0.2, 0.25) is 0 Å². The molecule has 0 atom stereocenters. The summed E-state index contributed by atoms with van der Waals surface area (Å²) in [6, 6.07) is 7.26. The number of amides is 1. The lowest BCUT2D eigenvalue weighted by atomic mass is 10.3. The van der Waals surface area contributed by atoms with Crippen LogP contribution >= 0.6 is 11.8 Å². The molecule has 9 heteroatoms. The molecule has 124 valence electrons. The molecule has 1 amide bonds. The SMILES string of the molecule is Nn1c(SCCC(=O)NCc2ccco2)nnc1-c1cccnc1. The summed E-state index contributed by atoms with van der Waals surface area (Å²) in [6.07, 6.45) is 5.27. The fourth-order valence-electron chi connectivity index (χ4n) is 1.99. The van der Waals surface area contributed by atoms with Gasteiger partial charge in [0, 0.05) is 30.1 Å². The molecule has 0 saturated carbocycles. The molecular weight excluding hydrogens is 328 g/mol. The standard InChI is InChI=1S/C15H16N6O2S/c16-21-14(11-3-1-6-17-9-11)19-20-15(21)24-8-5-13(22)18-10-12-4-2-7-23-12/h1-4,6-7,9H,5,8,10,16H2,(H,18,22). The van der Waals surface area contributed by atoms with E-state index < -0.39 is 0 Å². The van der Waals surface area contributed by atoms with Gasteiger partial charge in [0.1, 0.15) is 5.76 Å². The minimum atomic E-state index is -0.0607. The largest absolute Gasteiger partial charge is 0.467 e. The highest BCUT2D eigenvalue weighted by Gasteiger charge is 2.12. The fourth-order valence-corrected chi connectivity index (χ4v) is 2.78. The second kappa shape index (κ2) is 7.64. The van der Waals surface area contributed by atoms with Crippen molar-refractivity contribution in [1.82, 2.24) is 25.2 Å². The maximum Gasteiger partial charge on any atom is 0.221 e. The highest BCUT2D eigenvalue weighted by atomic mass is 32.2. The van der Waals surface area contributed by atoms with E-state index in [1.807, 2.05) is 12.1 Å². The van der Waals surface area contributed by atoms with Crippen LogP contribution in [0.15, 0.2) is 52.5 Å². The number of nitrogens with two attached hydrogens (primary N) is 1. The molecule has 3 heterocycles. The maximum absolute atomic E-state index is 11.8.